The van der Waals surface area contributed by atoms with Gasteiger partial charge in [0, 0.05) is 11.3 Å². The highest BCUT2D eigenvalue weighted by Gasteiger charge is 2.19. The van der Waals surface area contributed by atoms with E-state index >= 15 is 0 Å². The summed E-state index contributed by atoms with van der Waals surface area (Å²) in [5.74, 6) is -1.29. The van der Waals surface area contributed by atoms with Crippen LogP contribution in [0.15, 0.2) is 59.1 Å². The summed E-state index contributed by atoms with van der Waals surface area (Å²) in [5.41, 5.74) is 2.35. The quantitative estimate of drug-likeness (QED) is 0.570. The third kappa shape index (κ3) is 3.27. The molecule has 7 heteroatoms. The van der Waals surface area contributed by atoms with Crippen LogP contribution in [0.2, 0.25) is 0 Å². The summed E-state index contributed by atoms with van der Waals surface area (Å²) < 4.78 is 31.8. The van der Waals surface area contributed by atoms with Gasteiger partial charge in [0.2, 0.25) is 0 Å². The van der Waals surface area contributed by atoms with Gasteiger partial charge in [0.05, 0.1) is 22.3 Å². The summed E-state index contributed by atoms with van der Waals surface area (Å²) in [6.07, 6.45) is 0. The first-order valence-electron chi connectivity index (χ1n) is 8.11. The van der Waals surface area contributed by atoms with E-state index in [-0.39, 0.29) is 17.1 Å². The minimum atomic E-state index is -0.458. The summed E-state index contributed by atoms with van der Waals surface area (Å²) in [7, 11) is 0. The second kappa shape index (κ2) is 6.60. The average Bonchev–Trinajstić information content (AvgIpc) is 3.03. The number of anilines is 1. The van der Waals surface area contributed by atoms with Crippen LogP contribution in [0.5, 0.6) is 0 Å². The lowest BCUT2D eigenvalue weighted by molar-refractivity contribution is 0.102. The smallest absolute Gasteiger partial charge is 0.259 e. The fourth-order valence-corrected chi connectivity index (χ4v) is 2.81. The van der Waals surface area contributed by atoms with Gasteiger partial charge >= 0.3 is 0 Å². The number of aromatic nitrogens is 2. The van der Waals surface area contributed by atoms with E-state index in [9.17, 15) is 13.6 Å². The van der Waals surface area contributed by atoms with Gasteiger partial charge in [-0.2, -0.15) is 0 Å². The number of amides is 1. The number of nitrogens with one attached hydrogen (secondary N) is 1. The first-order chi connectivity index (χ1) is 13.0. The molecule has 0 radical (unpaired) electrons. The summed E-state index contributed by atoms with van der Waals surface area (Å²) in [6, 6.07) is 12.9. The number of halogens is 2. The number of carbonyl (C=O) groups is 1. The van der Waals surface area contributed by atoms with E-state index in [0.717, 1.165) is 0 Å². The van der Waals surface area contributed by atoms with Gasteiger partial charge < -0.3 is 9.84 Å². The van der Waals surface area contributed by atoms with Gasteiger partial charge in [-0.25, -0.2) is 13.8 Å². The molecule has 0 aliphatic carbocycles. The standard InChI is InChI=1S/C20H13F2N3O2/c1-11-18-16(19(26)23-15-4-2-3-14(22)9-15)10-17(24-20(18)27-25-11)12-5-7-13(21)8-6-12/h2-10H,1H3,(H,23,26). The molecule has 0 saturated heterocycles. The topological polar surface area (TPSA) is 68.0 Å². The van der Waals surface area contributed by atoms with Gasteiger partial charge in [0.25, 0.3) is 11.6 Å². The zero-order valence-corrected chi connectivity index (χ0v) is 14.2. The molecule has 1 N–H and O–H groups in total. The van der Waals surface area contributed by atoms with Gasteiger partial charge in [0.1, 0.15) is 11.6 Å². The Morgan fingerprint density at radius 3 is 2.56 bits per heavy atom. The molecule has 27 heavy (non-hydrogen) atoms. The highest BCUT2D eigenvalue weighted by Crippen LogP contribution is 2.28. The molecular formula is C20H13F2N3O2. The van der Waals surface area contributed by atoms with Crippen LogP contribution in [0.4, 0.5) is 14.5 Å². The number of nitrogens with zero attached hydrogens (tertiary/aromatic N) is 2. The largest absolute Gasteiger partial charge is 0.335 e. The number of hydrogen-bond acceptors (Lipinski definition) is 4. The van der Waals surface area contributed by atoms with Gasteiger partial charge in [-0.1, -0.05) is 11.2 Å². The molecule has 134 valence electrons. The zero-order chi connectivity index (χ0) is 19.0. The van der Waals surface area contributed by atoms with Crippen molar-refractivity contribution in [3.8, 4) is 11.3 Å². The summed E-state index contributed by atoms with van der Waals surface area (Å²) in [5, 5.41) is 7.00. The lowest BCUT2D eigenvalue weighted by atomic mass is 10.0. The first kappa shape index (κ1) is 16.8. The Hall–Kier alpha value is -3.61. The van der Waals surface area contributed by atoms with E-state index in [1.807, 2.05) is 0 Å². The van der Waals surface area contributed by atoms with E-state index in [0.29, 0.717) is 28.0 Å². The second-order valence-electron chi connectivity index (χ2n) is 5.97. The molecule has 0 spiro atoms. The Labute approximate surface area is 152 Å². The van der Waals surface area contributed by atoms with Crippen LogP contribution in [-0.2, 0) is 0 Å². The van der Waals surface area contributed by atoms with Crippen LogP contribution >= 0.6 is 0 Å². The third-order valence-electron chi connectivity index (χ3n) is 4.08. The number of aryl methyl sites for hydroxylation is 1. The molecule has 0 unspecified atom stereocenters. The Morgan fingerprint density at radius 2 is 1.81 bits per heavy atom. The fourth-order valence-electron chi connectivity index (χ4n) is 2.81. The summed E-state index contributed by atoms with van der Waals surface area (Å²) >= 11 is 0. The zero-order valence-electron chi connectivity index (χ0n) is 14.2. The minimum Gasteiger partial charge on any atom is -0.335 e. The van der Waals surface area contributed by atoms with Crippen molar-refractivity contribution in [2.24, 2.45) is 0 Å². The molecule has 0 saturated carbocycles. The van der Waals surface area contributed by atoms with Crippen molar-refractivity contribution in [1.29, 1.82) is 0 Å². The Kier molecular flexibility index (Phi) is 4.12. The third-order valence-corrected chi connectivity index (χ3v) is 4.08. The molecule has 2 aromatic heterocycles. The molecule has 0 aliphatic heterocycles. The molecular weight excluding hydrogens is 352 g/mol. The molecule has 2 aromatic carbocycles. The molecule has 0 aliphatic rings. The van der Waals surface area contributed by atoms with Crippen molar-refractivity contribution in [2.75, 3.05) is 5.32 Å². The molecule has 0 fully saturated rings. The van der Waals surface area contributed by atoms with Crippen molar-refractivity contribution in [3.05, 3.63) is 77.5 Å². The second-order valence-corrected chi connectivity index (χ2v) is 5.97. The van der Waals surface area contributed by atoms with Crippen molar-refractivity contribution in [1.82, 2.24) is 10.1 Å². The number of benzene rings is 2. The highest BCUT2D eigenvalue weighted by atomic mass is 19.1. The lowest BCUT2D eigenvalue weighted by Crippen LogP contribution is -2.13. The molecule has 4 rings (SSSR count). The first-order valence-corrected chi connectivity index (χ1v) is 8.11. The predicted molar refractivity (Wildman–Crippen MR) is 96.3 cm³/mol. The van der Waals surface area contributed by atoms with E-state index in [1.165, 1.54) is 30.3 Å². The van der Waals surface area contributed by atoms with Crippen molar-refractivity contribution in [2.45, 2.75) is 6.92 Å². The highest BCUT2D eigenvalue weighted by molar-refractivity contribution is 6.13. The molecule has 5 nitrogen and oxygen atoms in total. The van der Waals surface area contributed by atoms with E-state index in [1.54, 1.807) is 31.2 Å². The number of hydrogen-bond donors (Lipinski definition) is 1. The van der Waals surface area contributed by atoms with Crippen LogP contribution in [-0.4, -0.2) is 16.0 Å². The van der Waals surface area contributed by atoms with Crippen LogP contribution in [0.25, 0.3) is 22.4 Å². The Morgan fingerprint density at radius 1 is 1.04 bits per heavy atom. The Balaban J connectivity index is 1.81. The molecule has 0 atom stereocenters. The summed E-state index contributed by atoms with van der Waals surface area (Å²) in [6.45, 7) is 1.70. The maximum atomic E-state index is 13.4. The van der Waals surface area contributed by atoms with Crippen molar-refractivity contribution in [3.63, 3.8) is 0 Å². The maximum Gasteiger partial charge on any atom is 0.259 e. The van der Waals surface area contributed by atoms with Crippen LogP contribution < -0.4 is 5.32 Å². The fraction of sp³-hybridized carbons (Fsp3) is 0.0500. The average molecular weight is 365 g/mol. The number of pyridine rings is 1. The van der Waals surface area contributed by atoms with Crippen LogP contribution in [0, 0.1) is 18.6 Å². The van der Waals surface area contributed by atoms with Crippen LogP contribution in [0.1, 0.15) is 16.1 Å². The molecule has 2 heterocycles. The van der Waals surface area contributed by atoms with Crippen molar-refractivity contribution >= 4 is 22.7 Å². The van der Waals surface area contributed by atoms with Crippen molar-refractivity contribution < 1.29 is 18.1 Å². The SMILES string of the molecule is Cc1noc2nc(-c3ccc(F)cc3)cc(C(=O)Nc3cccc(F)c3)c12. The number of fused-ring (bicyclic) bond motifs is 1. The molecule has 1 amide bonds. The Bertz CT molecular complexity index is 1150. The predicted octanol–water partition coefficient (Wildman–Crippen LogP) is 4.73. The van der Waals surface area contributed by atoms with E-state index in [2.05, 4.69) is 15.5 Å². The number of rotatable bonds is 3. The van der Waals surface area contributed by atoms with Gasteiger partial charge in [-0.3, -0.25) is 4.79 Å². The van der Waals surface area contributed by atoms with E-state index in [4.69, 9.17) is 4.52 Å². The van der Waals surface area contributed by atoms with E-state index < -0.39 is 11.7 Å². The van der Waals surface area contributed by atoms with Gasteiger partial charge in [-0.05, 0) is 55.5 Å². The molecule has 0 bridgehead atoms. The normalized spacial score (nSPS) is 10.9. The van der Waals surface area contributed by atoms with Crippen LogP contribution in [0.3, 0.4) is 0 Å². The maximum absolute atomic E-state index is 13.4. The monoisotopic (exact) mass is 365 g/mol. The van der Waals surface area contributed by atoms with Gasteiger partial charge in [-0.15, -0.1) is 0 Å². The van der Waals surface area contributed by atoms with Gasteiger partial charge in [0.15, 0.2) is 0 Å². The lowest BCUT2D eigenvalue weighted by Gasteiger charge is -2.08. The minimum absolute atomic E-state index is 0.193. The molecule has 4 aromatic rings. The number of carbonyl (C=O) groups excluding carboxylic acids is 1. The summed E-state index contributed by atoms with van der Waals surface area (Å²) in [4.78, 5) is 17.2.